The first-order valence-corrected chi connectivity index (χ1v) is 7.13. The van der Waals surface area contributed by atoms with Gasteiger partial charge >= 0.3 is 0 Å². The topological polar surface area (TPSA) is 60.8 Å². The van der Waals surface area contributed by atoms with Crippen molar-refractivity contribution in [3.05, 3.63) is 32.7 Å². The summed E-state index contributed by atoms with van der Waals surface area (Å²) in [6.45, 7) is 0.161. The smallest absolute Gasteiger partial charge is 0.231 e. The molecule has 1 aliphatic rings. The van der Waals surface area contributed by atoms with E-state index in [1.54, 1.807) is 19.2 Å². The van der Waals surface area contributed by atoms with Crippen molar-refractivity contribution in [2.45, 2.75) is 6.10 Å². The number of benzene rings is 1. The van der Waals surface area contributed by atoms with Crippen LogP contribution in [0.3, 0.4) is 0 Å². The Balaban J connectivity index is 2.01. The van der Waals surface area contributed by atoms with Crippen LogP contribution in [0, 0.1) is 0 Å². The lowest BCUT2D eigenvalue weighted by Gasteiger charge is -2.11. The Hall–Kier alpha value is -1.31. The summed E-state index contributed by atoms with van der Waals surface area (Å²) < 4.78 is 16.6. The van der Waals surface area contributed by atoms with Gasteiger partial charge in [0.15, 0.2) is 11.5 Å². The molecule has 1 N–H and O–H groups in total. The minimum atomic E-state index is -0.820. The van der Waals surface area contributed by atoms with Crippen LogP contribution in [0.15, 0.2) is 22.1 Å². The molecule has 1 unspecified atom stereocenters. The van der Waals surface area contributed by atoms with Gasteiger partial charge in [0.2, 0.25) is 12.5 Å². The molecule has 100 valence electrons. The maximum atomic E-state index is 10.3. The van der Waals surface area contributed by atoms with Crippen molar-refractivity contribution in [2.75, 3.05) is 13.9 Å². The number of aliphatic hydroxyl groups is 1. The Labute approximate surface area is 121 Å². The van der Waals surface area contributed by atoms with Gasteiger partial charge in [-0.05, 0) is 33.6 Å². The Bertz CT molecular complexity index is 616. The fourth-order valence-corrected chi connectivity index (χ4v) is 3.12. The average Bonchev–Trinajstić information content (AvgIpc) is 3.04. The van der Waals surface area contributed by atoms with Gasteiger partial charge in [-0.2, -0.15) is 0 Å². The fraction of sp³-hybridized carbons (Fsp3) is 0.250. The second-order valence-corrected chi connectivity index (χ2v) is 5.57. The summed E-state index contributed by atoms with van der Waals surface area (Å²) in [6, 6.07) is 3.47. The molecule has 0 spiro atoms. The molecule has 1 aliphatic heterocycles. The van der Waals surface area contributed by atoms with Crippen molar-refractivity contribution in [3.8, 4) is 17.2 Å². The summed E-state index contributed by atoms with van der Waals surface area (Å²) in [5.74, 6) is 1.68. The first-order valence-electron chi connectivity index (χ1n) is 5.45. The van der Waals surface area contributed by atoms with Crippen LogP contribution in [0.1, 0.15) is 16.7 Å². The van der Waals surface area contributed by atoms with Crippen molar-refractivity contribution in [2.24, 2.45) is 0 Å². The standard InChI is InChI=1S/C12H10BrNO4S/c1-16-7-2-6(3-8-11(7)18-5-17-8)10(15)12-14-9(13)4-19-12/h2-4,10,15H,5H2,1H3. The molecule has 19 heavy (non-hydrogen) atoms. The maximum Gasteiger partial charge on any atom is 0.231 e. The quantitative estimate of drug-likeness (QED) is 0.928. The summed E-state index contributed by atoms with van der Waals surface area (Å²) >= 11 is 4.65. The summed E-state index contributed by atoms with van der Waals surface area (Å²) in [6.07, 6.45) is -0.820. The minimum Gasteiger partial charge on any atom is -0.493 e. The zero-order valence-electron chi connectivity index (χ0n) is 9.92. The maximum absolute atomic E-state index is 10.3. The van der Waals surface area contributed by atoms with E-state index in [1.807, 2.05) is 5.38 Å². The van der Waals surface area contributed by atoms with Gasteiger partial charge in [0, 0.05) is 5.38 Å². The largest absolute Gasteiger partial charge is 0.493 e. The summed E-state index contributed by atoms with van der Waals surface area (Å²) in [5.41, 5.74) is 0.656. The van der Waals surface area contributed by atoms with E-state index in [0.717, 1.165) is 0 Å². The fourth-order valence-electron chi connectivity index (χ4n) is 1.84. The molecule has 0 amide bonds. The Morgan fingerprint density at radius 3 is 3.00 bits per heavy atom. The summed E-state index contributed by atoms with van der Waals surface area (Å²) in [4.78, 5) is 4.21. The number of methoxy groups -OCH3 is 1. The number of fused-ring (bicyclic) bond motifs is 1. The van der Waals surface area contributed by atoms with Crippen LogP contribution >= 0.6 is 27.3 Å². The molecule has 0 bridgehead atoms. The predicted molar refractivity (Wildman–Crippen MR) is 73.0 cm³/mol. The van der Waals surface area contributed by atoms with E-state index in [9.17, 15) is 5.11 Å². The monoisotopic (exact) mass is 343 g/mol. The van der Waals surface area contributed by atoms with Gasteiger partial charge in [0.25, 0.3) is 0 Å². The van der Waals surface area contributed by atoms with Crippen molar-refractivity contribution in [3.63, 3.8) is 0 Å². The number of halogens is 1. The second kappa shape index (κ2) is 4.99. The molecule has 3 rings (SSSR count). The lowest BCUT2D eigenvalue weighted by Crippen LogP contribution is -2.00. The number of aromatic nitrogens is 1. The number of aliphatic hydroxyl groups excluding tert-OH is 1. The predicted octanol–water partition coefficient (Wildman–Crippen LogP) is 2.72. The normalized spacial score (nSPS) is 14.5. The molecule has 1 aromatic carbocycles. The molecule has 0 aliphatic carbocycles. The highest BCUT2D eigenvalue weighted by Crippen LogP contribution is 2.44. The van der Waals surface area contributed by atoms with Crippen molar-refractivity contribution < 1.29 is 19.3 Å². The molecule has 5 nitrogen and oxygen atoms in total. The van der Waals surface area contributed by atoms with Crippen LogP contribution in [0.25, 0.3) is 0 Å². The number of thiazole rings is 1. The van der Waals surface area contributed by atoms with Crippen LogP contribution in [-0.2, 0) is 0 Å². The molecule has 0 radical (unpaired) electrons. The van der Waals surface area contributed by atoms with E-state index in [2.05, 4.69) is 20.9 Å². The summed E-state index contributed by atoms with van der Waals surface area (Å²) in [5, 5.41) is 12.8. The second-order valence-electron chi connectivity index (χ2n) is 3.87. The minimum absolute atomic E-state index is 0.161. The number of hydrogen-bond donors (Lipinski definition) is 1. The lowest BCUT2D eigenvalue weighted by molar-refractivity contribution is 0.171. The van der Waals surface area contributed by atoms with E-state index in [1.165, 1.54) is 11.3 Å². The van der Waals surface area contributed by atoms with Gasteiger partial charge < -0.3 is 19.3 Å². The molecule has 1 aromatic heterocycles. The lowest BCUT2D eigenvalue weighted by atomic mass is 10.1. The van der Waals surface area contributed by atoms with Gasteiger partial charge in [-0.15, -0.1) is 11.3 Å². The van der Waals surface area contributed by atoms with Crippen LogP contribution in [-0.4, -0.2) is 24.0 Å². The molecule has 7 heteroatoms. The van der Waals surface area contributed by atoms with E-state index >= 15 is 0 Å². The van der Waals surface area contributed by atoms with Crippen molar-refractivity contribution in [1.29, 1.82) is 0 Å². The average molecular weight is 344 g/mol. The molecule has 0 saturated heterocycles. The Morgan fingerprint density at radius 1 is 1.47 bits per heavy atom. The summed E-state index contributed by atoms with van der Waals surface area (Å²) in [7, 11) is 1.55. The van der Waals surface area contributed by atoms with Crippen LogP contribution in [0.4, 0.5) is 0 Å². The van der Waals surface area contributed by atoms with Gasteiger partial charge in [-0.1, -0.05) is 0 Å². The van der Waals surface area contributed by atoms with Gasteiger partial charge in [0.05, 0.1) is 7.11 Å². The Morgan fingerprint density at radius 2 is 2.32 bits per heavy atom. The van der Waals surface area contributed by atoms with Crippen LogP contribution in [0.5, 0.6) is 17.2 Å². The number of nitrogens with zero attached hydrogens (tertiary/aromatic N) is 1. The molecular formula is C12H10BrNO4S. The third-order valence-electron chi connectivity index (χ3n) is 2.72. The van der Waals surface area contributed by atoms with E-state index in [0.29, 0.717) is 32.4 Å². The highest BCUT2D eigenvalue weighted by atomic mass is 79.9. The zero-order chi connectivity index (χ0) is 13.4. The van der Waals surface area contributed by atoms with Crippen molar-refractivity contribution >= 4 is 27.3 Å². The SMILES string of the molecule is COc1cc(C(O)c2nc(Br)cs2)cc2c1OCO2. The van der Waals surface area contributed by atoms with Gasteiger partial charge in [0.1, 0.15) is 15.7 Å². The van der Waals surface area contributed by atoms with Gasteiger partial charge in [-0.25, -0.2) is 4.98 Å². The highest BCUT2D eigenvalue weighted by molar-refractivity contribution is 9.10. The third-order valence-corrected chi connectivity index (χ3v) is 4.33. The number of rotatable bonds is 3. The molecule has 2 heterocycles. The van der Waals surface area contributed by atoms with Crippen LogP contribution < -0.4 is 14.2 Å². The van der Waals surface area contributed by atoms with E-state index < -0.39 is 6.10 Å². The van der Waals surface area contributed by atoms with Crippen molar-refractivity contribution in [1.82, 2.24) is 4.98 Å². The first-order chi connectivity index (χ1) is 9.19. The number of ether oxygens (including phenoxy) is 3. The molecule has 2 aromatic rings. The molecule has 0 fully saturated rings. The highest BCUT2D eigenvalue weighted by Gasteiger charge is 2.24. The Kier molecular flexibility index (Phi) is 3.34. The van der Waals surface area contributed by atoms with Gasteiger partial charge in [-0.3, -0.25) is 0 Å². The molecular weight excluding hydrogens is 334 g/mol. The molecule has 1 atom stereocenters. The molecule has 0 saturated carbocycles. The van der Waals surface area contributed by atoms with E-state index in [4.69, 9.17) is 14.2 Å². The van der Waals surface area contributed by atoms with Crippen LogP contribution in [0.2, 0.25) is 0 Å². The first kappa shape index (κ1) is 12.7. The van der Waals surface area contributed by atoms with E-state index in [-0.39, 0.29) is 6.79 Å². The number of hydrogen-bond acceptors (Lipinski definition) is 6. The third kappa shape index (κ3) is 2.29. The zero-order valence-corrected chi connectivity index (χ0v) is 12.3.